The van der Waals surface area contributed by atoms with Gasteiger partial charge in [0.15, 0.2) is 0 Å². The number of nitrogens with one attached hydrogen (secondary N) is 1. The first-order valence-electron chi connectivity index (χ1n) is 6.23. The second kappa shape index (κ2) is 7.28. The summed E-state index contributed by atoms with van der Waals surface area (Å²) in [4.78, 5) is 22.8. The van der Waals surface area contributed by atoms with Gasteiger partial charge in [-0.3, -0.25) is 0 Å². The highest BCUT2D eigenvalue weighted by Crippen LogP contribution is 2.46. The van der Waals surface area contributed by atoms with Gasteiger partial charge in [0.25, 0.3) is 0 Å². The van der Waals surface area contributed by atoms with Crippen molar-refractivity contribution in [3.8, 4) is 0 Å². The van der Waals surface area contributed by atoms with Crippen LogP contribution in [0.3, 0.4) is 0 Å². The Morgan fingerprint density at radius 1 is 1.04 bits per heavy atom. The molecule has 0 atom stereocenters. The van der Waals surface area contributed by atoms with Crippen molar-refractivity contribution >= 4 is 17.6 Å². The molecule has 0 fully saturated rings. The van der Waals surface area contributed by atoms with E-state index >= 15 is 0 Å². The Bertz CT molecular complexity index is 655. The number of anilines is 1. The highest BCUT2D eigenvalue weighted by molar-refractivity contribution is 5.98. The Labute approximate surface area is 133 Å². The molecule has 1 rings (SSSR count). The van der Waals surface area contributed by atoms with Crippen LogP contribution in [0, 0.1) is 0 Å². The lowest BCUT2D eigenvalue weighted by Gasteiger charge is -2.23. The molecule has 0 saturated carbocycles. The van der Waals surface area contributed by atoms with Gasteiger partial charge in [0.2, 0.25) is 0 Å². The van der Waals surface area contributed by atoms with Gasteiger partial charge >= 0.3 is 24.0 Å². The molecule has 1 aromatic rings. The average Bonchev–Trinajstić information content (AvgIpc) is 2.52. The van der Waals surface area contributed by atoms with Crippen LogP contribution in [0.1, 0.15) is 5.56 Å². The molecule has 1 aromatic carbocycles. The number of carbonyl (C=O) groups is 2. The zero-order chi connectivity index (χ0) is 18.5. The van der Waals surface area contributed by atoms with E-state index in [1.54, 1.807) is 0 Å². The standard InChI is InChI=1S/C14H12F5NO4/c1-23-11(21)7-10(12(22)24-2)20-9-6-4-3-5-8(9)13(15,16)14(17,18)19/h3-7,20H,1-2H3/b10-7+. The SMILES string of the molecule is COC(=O)/C=C(/Nc1ccccc1C(F)(F)C(F)(F)F)C(=O)OC. The molecule has 10 heteroatoms. The molecule has 0 heterocycles. The molecule has 0 aliphatic heterocycles. The van der Waals surface area contributed by atoms with Crippen molar-refractivity contribution in [3.05, 3.63) is 41.6 Å². The second-order valence-electron chi connectivity index (χ2n) is 4.32. The molecular formula is C14H12F5NO4. The van der Waals surface area contributed by atoms with Gasteiger partial charge < -0.3 is 14.8 Å². The first kappa shape index (κ1) is 19.4. The molecule has 0 amide bonds. The first-order valence-corrected chi connectivity index (χ1v) is 6.23. The molecule has 0 bridgehead atoms. The van der Waals surface area contributed by atoms with Crippen molar-refractivity contribution in [1.82, 2.24) is 0 Å². The molecule has 1 N–H and O–H groups in total. The molecule has 24 heavy (non-hydrogen) atoms. The van der Waals surface area contributed by atoms with E-state index in [1.807, 2.05) is 5.32 Å². The third-order valence-electron chi connectivity index (χ3n) is 2.76. The van der Waals surface area contributed by atoms with Crippen molar-refractivity contribution in [3.63, 3.8) is 0 Å². The Morgan fingerprint density at radius 3 is 2.12 bits per heavy atom. The maximum Gasteiger partial charge on any atom is 0.458 e. The van der Waals surface area contributed by atoms with E-state index in [0.717, 1.165) is 26.4 Å². The van der Waals surface area contributed by atoms with Gasteiger partial charge in [0.05, 0.1) is 25.9 Å². The predicted molar refractivity (Wildman–Crippen MR) is 72.1 cm³/mol. The molecule has 0 aromatic heterocycles. The number of para-hydroxylation sites is 1. The highest BCUT2D eigenvalue weighted by atomic mass is 19.4. The number of rotatable bonds is 5. The number of hydrogen-bond donors (Lipinski definition) is 1. The summed E-state index contributed by atoms with van der Waals surface area (Å²) in [6.07, 6.45) is -5.28. The maximum atomic E-state index is 13.6. The van der Waals surface area contributed by atoms with Gasteiger partial charge in [-0.1, -0.05) is 18.2 Å². The van der Waals surface area contributed by atoms with E-state index in [2.05, 4.69) is 9.47 Å². The third kappa shape index (κ3) is 4.21. The number of alkyl halides is 5. The molecule has 0 aliphatic rings. The summed E-state index contributed by atoms with van der Waals surface area (Å²) in [5, 5.41) is 2.05. The lowest BCUT2D eigenvalue weighted by molar-refractivity contribution is -0.289. The van der Waals surface area contributed by atoms with E-state index in [9.17, 15) is 31.5 Å². The number of halogens is 5. The summed E-state index contributed by atoms with van der Waals surface area (Å²) in [6.45, 7) is 0. The van der Waals surface area contributed by atoms with Gasteiger partial charge in [0, 0.05) is 5.69 Å². The number of carbonyl (C=O) groups excluding carboxylic acids is 2. The van der Waals surface area contributed by atoms with E-state index in [1.165, 1.54) is 6.07 Å². The van der Waals surface area contributed by atoms with E-state index < -0.39 is 41.0 Å². The minimum atomic E-state index is -5.84. The summed E-state index contributed by atoms with van der Waals surface area (Å²) in [7, 11) is 1.92. The van der Waals surface area contributed by atoms with Crippen LogP contribution in [0.2, 0.25) is 0 Å². The monoisotopic (exact) mass is 353 g/mol. The molecule has 0 aliphatic carbocycles. The normalized spacial score (nSPS) is 12.5. The van der Waals surface area contributed by atoms with Crippen LogP contribution in [0.25, 0.3) is 0 Å². The summed E-state index contributed by atoms with van der Waals surface area (Å²) >= 11 is 0. The van der Waals surface area contributed by atoms with Crippen molar-refractivity contribution in [2.75, 3.05) is 19.5 Å². The van der Waals surface area contributed by atoms with Crippen LogP contribution in [0.15, 0.2) is 36.0 Å². The largest absolute Gasteiger partial charge is 0.466 e. The van der Waals surface area contributed by atoms with Crippen molar-refractivity contribution < 1.29 is 41.0 Å². The summed E-state index contributed by atoms with van der Waals surface area (Å²) in [5.74, 6) is -7.38. The van der Waals surface area contributed by atoms with Gasteiger partial charge in [0.1, 0.15) is 5.70 Å². The first-order chi connectivity index (χ1) is 11.0. The Balaban J connectivity index is 3.35. The van der Waals surface area contributed by atoms with E-state index in [0.29, 0.717) is 12.1 Å². The topological polar surface area (TPSA) is 64.6 Å². The fourth-order valence-electron chi connectivity index (χ4n) is 1.60. The molecule has 0 unspecified atom stereocenters. The van der Waals surface area contributed by atoms with Gasteiger partial charge in [-0.25, -0.2) is 9.59 Å². The van der Waals surface area contributed by atoms with Crippen LogP contribution >= 0.6 is 0 Å². The zero-order valence-corrected chi connectivity index (χ0v) is 12.4. The molecule has 0 spiro atoms. The smallest absolute Gasteiger partial charge is 0.458 e. The second-order valence-corrected chi connectivity index (χ2v) is 4.32. The lowest BCUT2D eigenvalue weighted by atomic mass is 10.1. The van der Waals surface area contributed by atoms with E-state index in [-0.39, 0.29) is 0 Å². The van der Waals surface area contributed by atoms with Crippen molar-refractivity contribution in [1.29, 1.82) is 0 Å². The van der Waals surface area contributed by atoms with Crippen LogP contribution in [0.4, 0.5) is 27.6 Å². The molecule has 132 valence electrons. The summed E-state index contributed by atoms with van der Waals surface area (Å²) in [5.41, 5.74) is -2.81. The quantitative estimate of drug-likeness (QED) is 0.501. The van der Waals surface area contributed by atoms with Crippen LogP contribution in [-0.2, 0) is 25.0 Å². The molecule has 5 nitrogen and oxygen atoms in total. The molecule has 0 saturated heterocycles. The van der Waals surface area contributed by atoms with E-state index in [4.69, 9.17) is 0 Å². The minimum Gasteiger partial charge on any atom is -0.466 e. The Kier molecular flexibility index (Phi) is 5.88. The van der Waals surface area contributed by atoms with Gasteiger partial charge in [-0.2, -0.15) is 22.0 Å². The maximum absolute atomic E-state index is 13.6. The van der Waals surface area contributed by atoms with Crippen LogP contribution < -0.4 is 5.32 Å². The zero-order valence-electron chi connectivity index (χ0n) is 12.4. The fraction of sp³-hybridized carbons (Fsp3) is 0.286. The Morgan fingerprint density at radius 2 is 1.62 bits per heavy atom. The average molecular weight is 353 g/mol. The number of esters is 2. The third-order valence-corrected chi connectivity index (χ3v) is 2.76. The Hall–Kier alpha value is -2.65. The predicted octanol–water partition coefficient (Wildman–Crippen LogP) is 2.98. The van der Waals surface area contributed by atoms with Crippen molar-refractivity contribution in [2.24, 2.45) is 0 Å². The van der Waals surface area contributed by atoms with Crippen molar-refractivity contribution in [2.45, 2.75) is 12.1 Å². The molecular weight excluding hydrogens is 341 g/mol. The van der Waals surface area contributed by atoms with Gasteiger partial charge in [-0.05, 0) is 6.07 Å². The summed E-state index contributed by atoms with van der Waals surface area (Å²) in [6, 6.07) is 3.58. The highest BCUT2D eigenvalue weighted by Gasteiger charge is 2.59. The lowest BCUT2D eigenvalue weighted by Crippen LogP contribution is -2.34. The van der Waals surface area contributed by atoms with Gasteiger partial charge in [-0.15, -0.1) is 0 Å². The number of methoxy groups -OCH3 is 2. The van der Waals surface area contributed by atoms with Crippen LogP contribution in [-0.4, -0.2) is 32.3 Å². The molecule has 0 radical (unpaired) electrons. The number of hydrogen-bond acceptors (Lipinski definition) is 5. The summed E-state index contributed by atoms with van der Waals surface area (Å²) < 4.78 is 73.5. The van der Waals surface area contributed by atoms with Crippen LogP contribution in [0.5, 0.6) is 0 Å². The minimum absolute atomic E-state index is 0.545. The number of ether oxygens (including phenoxy) is 2. The number of benzene rings is 1. The fourth-order valence-corrected chi connectivity index (χ4v) is 1.60.